The molecule has 43 heavy (non-hydrogen) atoms. The number of nitrogens with one attached hydrogen (secondary N) is 1. The van der Waals surface area contributed by atoms with Gasteiger partial charge in [0.05, 0.1) is 17.5 Å². The van der Waals surface area contributed by atoms with Crippen molar-refractivity contribution in [2.75, 3.05) is 26.2 Å². The molecule has 2 aliphatic rings. The molecule has 2 atom stereocenters. The fourth-order valence-electron chi connectivity index (χ4n) is 6.24. The third-order valence-corrected chi connectivity index (χ3v) is 8.52. The summed E-state index contributed by atoms with van der Waals surface area (Å²) < 4.78 is 44.4. The third kappa shape index (κ3) is 6.16. The largest absolute Gasteiger partial charge is 0.573 e. The summed E-state index contributed by atoms with van der Waals surface area (Å²) >= 11 is 0. The number of carbonyl (C=O) groups is 1. The predicted octanol–water partition coefficient (Wildman–Crippen LogP) is 3.83. The van der Waals surface area contributed by atoms with Gasteiger partial charge < -0.3 is 24.6 Å². The average Bonchev–Trinajstić information content (AvgIpc) is 3.44. The summed E-state index contributed by atoms with van der Waals surface area (Å²) in [5, 5.41) is 15.1. The molecule has 0 saturated carbocycles. The van der Waals surface area contributed by atoms with E-state index in [4.69, 9.17) is 0 Å². The molecule has 2 aromatic carbocycles. The molecule has 2 fully saturated rings. The molecule has 4 aromatic rings. The topological polar surface area (TPSA) is 102 Å². The van der Waals surface area contributed by atoms with Gasteiger partial charge in [-0.15, -0.1) is 13.2 Å². The van der Waals surface area contributed by atoms with Gasteiger partial charge in [0, 0.05) is 43.4 Å². The Hall–Kier alpha value is -4.16. The van der Waals surface area contributed by atoms with E-state index in [2.05, 4.69) is 27.2 Å². The Morgan fingerprint density at radius 3 is 2.49 bits per heavy atom. The summed E-state index contributed by atoms with van der Waals surface area (Å²) in [7, 11) is 0. The van der Waals surface area contributed by atoms with Crippen molar-refractivity contribution >= 4 is 16.9 Å². The molecular formula is C31H32F3N5O4. The van der Waals surface area contributed by atoms with Crippen molar-refractivity contribution in [1.29, 1.82) is 0 Å². The Morgan fingerprint density at radius 1 is 1.07 bits per heavy atom. The fraction of sp³-hybridized carbons (Fsp3) is 0.387. The van der Waals surface area contributed by atoms with Crippen LogP contribution in [0.25, 0.3) is 16.7 Å². The summed E-state index contributed by atoms with van der Waals surface area (Å²) in [6, 6.07) is 16.9. The lowest BCUT2D eigenvalue weighted by Gasteiger charge is -2.41. The number of fused-ring (bicyclic) bond motifs is 1. The monoisotopic (exact) mass is 595 g/mol. The minimum absolute atomic E-state index is 0.0332. The van der Waals surface area contributed by atoms with Gasteiger partial charge in [-0.2, -0.15) is 0 Å². The Labute approximate surface area is 245 Å². The van der Waals surface area contributed by atoms with Crippen LogP contribution >= 0.6 is 0 Å². The van der Waals surface area contributed by atoms with Crippen LogP contribution in [0.4, 0.5) is 13.2 Å². The first-order chi connectivity index (χ1) is 20.6. The minimum Gasteiger partial charge on any atom is -0.406 e. The van der Waals surface area contributed by atoms with Crippen LogP contribution in [0.1, 0.15) is 30.7 Å². The van der Waals surface area contributed by atoms with E-state index in [-0.39, 0.29) is 35.6 Å². The van der Waals surface area contributed by atoms with E-state index in [1.165, 1.54) is 35.2 Å². The number of hydrogen-bond donors (Lipinski definition) is 2. The SMILES string of the molecule is O=C([C@@H]1CCNC[C@H]1c1ccccc1)N1CCC(O)(Cn2cnc3c(ccn3-c3ccc(OC(F)(F)F)cc3)c2=O)CC1. The Bertz CT molecular complexity index is 1640. The summed E-state index contributed by atoms with van der Waals surface area (Å²) in [5.41, 5.74) is 0.472. The highest BCUT2D eigenvalue weighted by Gasteiger charge is 2.39. The molecule has 2 saturated heterocycles. The van der Waals surface area contributed by atoms with Gasteiger partial charge in [0.2, 0.25) is 5.91 Å². The highest BCUT2D eigenvalue weighted by molar-refractivity contribution is 5.80. The number of rotatable bonds is 6. The zero-order valence-corrected chi connectivity index (χ0v) is 23.3. The predicted molar refractivity (Wildman–Crippen MR) is 153 cm³/mol. The number of carbonyl (C=O) groups excluding carboxylic acids is 1. The quantitative estimate of drug-likeness (QED) is 0.352. The first-order valence-electron chi connectivity index (χ1n) is 14.3. The smallest absolute Gasteiger partial charge is 0.406 e. The lowest BCUT2D eigenvalue weighted by Crippen LogP contribution is -2.52. The number of likely N-dealkylation sites (tertiary alicyclic amines) is 1. The van der Waals surface area contributed by atoms with Crippen LogP contribution in [-0.4, -0.2) is 68.2 Å². The number of benzene rings is 2. The van der Waals surface area contributed by atoms with Crippen LogP contribution < -0.4 is 15.6 Å². The van der Waals surface area contributed by atoms with Gasteiger partial charge in [0.25, 0.3) is 5.56 Å². The van der Waals surface area contributed by atoms with Gasteiger partial charge in [0.1, 0.15) is 12.1 Å². The lowest BCUT2D eigenvalue weighted by atomic mass is 9.80. The average molecular weight is 596 g/mol. The summed E-state index contributed by atoms with van der Waals surface area (Å²) in [4.78, 5) is 33.2. The van der Waals surface area contributed by atoms with Crippen molar-refractivity contribution < 1.29 is 27.8 Å². The molecule has 0 bridgehead atoms. The van der Waals surface area contributed by atoms with E-state index in [9.17, 15) is 27.9 Å². The molecule has 0 aliphatic carbocycles. The second-order valence-electron chi connectivity index (χ2n) is 11.3. The van der Waals surface area contributed by atoms with Gasteiger partial charge in [-0.1, -0.05) is 30.3 Å². The maximum Gasteiger partial charge on any atom is 0.573 e. The second-order valence-corrected chi connectivity index (χ2v) is 11.3. The van der Waals surface area contributed by atoms with Crippen molar-refractivity contribution in [3.63, 3.8) is 0 Å². The molecule has 9 nitrogen and oxygen atoms in total. The van der Waals surface area contributed by atoms with Gasteiger partial charge in [0.15, 0.2) is 5.65 Å². The molecule has 0 radical (unpaired) electrons. The Kier molecular flexibility index (Phi) is 7.74. The molecule has 1 amide bonds. The fourth-order valence-corrected chi connectivity index (χ4v) is 6.24. The van der Waals surface area contributed by atoms with Crippen LogP contribution in [0.5, 0.6) is 5.75 Å². The van der Waals surface area contributed by atoms with Crippen LogP contribution in [0.15, 0.2) is 78.0 Å². The van der Waals surface area contributed by atoms with E-state index in [1.54, 1.807) is 16.8 Å². The maximum atomic E-state index is 13.6. The zero-order valence-electron chi connectivity index (χ0n) is 23.3. The van der Waals surface area contributed by atoms with Crippen molar-refractivity contribution in [3.8, 4) is 11.4 Å². The first kappa shape index (κ1) is 28.9. The molecule has 0 spiro atoms. The van der Waals surface area contributed by atoms with Gasteiger partial charge in [-0.25, -0.2) is 4.98 Å². The summed E-state index contributed by atoms with van der Waals surface area (Å²) in [6.45, 7) is 2.36. The van der Waals surface area contributed by atoms with Crippen molar-refractivity contribution in [2.45, 2.75) is 43.7 Å². The Morgan fingerprint density at radius 2 is 1.79 bits per heavy atom. The molecule has 2 aliphatic heterocycles. The molecule has 226 valence electrons. The van der Waals surface area contributed by atoms with E-state index in [0.29, 0.717) is 42.7 Å². The number of piperidine rings is 2. The number of amides is 1. The molecular weight excluding hydrogens is 563 g/mol. The molecule has 2 aromatic heterocycles. The number of aromatic nitrogens is 3. The second kappa shape index (κ2) is 11.5. The molecule has 0 unspecified atom stereocenters. The number of alkyl halides is 3. The van der Waals surface area contributed by atoms with Gasteiger partial charge in [-0.05, 0) is 61.7 Å². The van der Waals surface area contributed by atoms with Crippen molar-refractivity contribution in [1.82, 2.24) is 24.3 Å². The van der Waals surface area contributed by atoms with Crippen molar-refractivity contribution in [3.05, 3.63) is 89.1 Å². The molecule has 2 N–H and O–H groups in total. The normalized spacial score (nSPS) is 20.7. The highest BCUT2D eigenvalue weighted by atomic mass is 19.4. The van der Waals surface area contributed by atoms with E-state index < -0.39 is 12.0 Å². The van der Waals surface area contributed by atoms with Gasteiger partial charge >= 0.3 is 6.36 Å². The van der Waals surface area contributed by atoms with Crippen LogP contribution in [0, 0.1) is 5.92 Å². The van der Waals surface area contributed by atoms with Crippen molar-refractivity contribution in [2.24, 2.45) is 5.92 Å². The molecule has 12 heteroatoms. The van der Waals surface area contributed by atoms with Crippen LogP contribution in [-0.2, 0) is 11.3 Å². The van der Waals surface area contributed by atoms with E-state index in [0.717, 1.165) is 25.1 Å². The maximum absolute atomic E-state index is 13.6. The van der Waals surface area contributed by atoms with Gasteiger partial charge in [-0.3, -0.25) is 14.2 Å². The number of hydrogen-bond acceptors (Lipinski definition) is 6. The van der Waals surface area contributed by atoms with Crippen LogP contribution in [0.2, 0.25) is 0 Å². The number of ether oxygens (including phenoxy) is 1. The number of halogens is 3. The molecule has 6 rings (SSSR count). The van der Waals surface area contributed by atoms with Crippen LogP contribution in [0.3, 0.4) is 0 Å². The molecule has 4 heterocycles. The summed E-state index contributed by atoms with van der Waals surface area (Å²) in [5.74, 6) is -0.271. The van der Waals surface area contributed by atoms with E-state index >= 15 is 0 Å². The summed E-state index contributed by atoms with van der Waals surface area (Å²) in [6.07, 6.45) is -0.383. The number of nitrogens with zero attached hydrogens (tertiary/aromatic N) is 4. The minimum atomic E-state index is -4.79. The van der Waals surface area contributed by atoms with E-state index in [1.807, 2.05) is 23.1 Å². The first-order valence-corrected chi connectivity index (χ1v) is 14.3. The Balaban J connectivity index is 1.13. The third-order valence-electron chi connectivity index (χ3n) is 8.52. The number of aliphatic hydroxyl groups is 1. The zero-order chi connectivity index (χ0) is 30.2. The lowest BCUT2D eigenvalue weighted by molar-refractivity contribution is -0.274. The standard InChI is InChI=1S/C31H32F3N5O4/c32-31(33,34)43-23-8-6-22(7-9-23)39-15-11-25-27(39)36-20-38(29(25)41)19-30(42)12-16-37(17-13-30)28(40)24-10-14-35-18-26(24)21-4-2-1-3-5-21/h1-9,11,15,20,24,26,35,42H,10,12-14,16-19H2/t24-,26+/m1/s1. The highest BCUT2D eigenvalue weighted by Crippen LogP contribution is 2.33.